The predicted octanol–water partition coefficient (Wildman–Crippen LogP) is 2.13. The number of hydrogen-bond donors (Lipinski definition) is 2. The first kappa shape index (κ1) is 12.9. The Bertz CT molecular complexity index is 414. The zero-order chi connectivity index (χ0) is 12.3. The minimum absolute atomic E-state index is 0.227. The van der Waals surface area contributed by atoms with Gasteiger partial charge in [-0.15, -0.1) is 0 Å². The molecular weight excluding hydrogens is 244 g/mol. The Kier molecular flexibility index (Phi) is 3.88. The molecule has 1 aromatic carbocycles. The fourth-order valence-corrected chi connectivity index (χ4v) is 1.20. The molecule has 0 aliphatic rings. The van der Waals surface area contributed by atoms with Crippen LogP contribution in [0.3, 0.4) is 0 Å². The summed E-state index contributed by atoms with van der Waals surface area (Å²) in [5.41, 5.74) is 5.34. The first-order chi connectivity index (χ1) is 7.33. The second kappa shape index (κ2) is 4.80. The topological polar surface area (TPSA) is 55.1 Å². The fourth-order valence-electron chi connectivity index (χ4n) is 1.02. The van der Waals surface area contributed by atoms with E-state index in [0.717, 1.165) is 0 Å². The summed E-state index contributed by atoms with van der Waals surface area (Å²) < 4.78 is 0. The number of benzene rings is 1. The van der Waals surface area contributed by atoms with Crippen LogP contribution in [0.5, 0.6) is 0 Å². The van der Waals surface area contributed by atoms with Gasteiger partial charge in [-0.1, -0.05) is 23.8 Å². The van der Waals surface area contributed by atoms with Crippen LogP contribution in [0.1, 0.15) is 24.2 Å². The highest BCUT2D eigenvalue weighted by atomic mass is 35.5. The number of carbonyl (C=O) groups excluding carboxylic acids is 1. The Hall–Kier alpha value is -1.13. The number of thiocarbonyl (C=S) groups is 1. The summed E-state index contributed by atoms with van der Waals surface area (Å²) in [5, 5.41) is 3.33. The van der Waals surface area contributed by atoms with Crippen LogP contribution >= 0.6 is 23.8 Å². The minimum Gasteiger partial charge on any atom is -0.391 e. The lowest BCUT2D eigenvalue weighted by Crippen LogP contribution is -2.52. The van der Waals surface area contributed by atoms with E-state index >= 15 is 0 Å². The van der Waals surface area contributed by atoms with Gasteiger partial charge in [-0.3, -0.25) is 4.79 Å². The van der Waals surface area contributed by atoms with E-state index in [1.54, 1.807) is 38.1 Å². The van der Waals surface area contributed by atoms with Gasteiger partial charge < -0.3 is 11.1 Å². The third kappa shape index (κ3) is 3.18. The molecule has 0 saturated heterocycles. The molecule has 0 aliphatic heterocycles. The lowest BCUT2D eigenvalue weighted by atomic mass is 10.1. The van der Waals surface area contributed by atoms with Crippen LogP contribution in [0.4, 0.5) is 0 Å². The van der Waals surface area contributed by atoms with Gasteiger partial charge >= 0.3 is 0 Å². The minimum atomic E-state index is -0.702. The maximum atomic E-state index is 11.8. The van der Waals surface area contributed by atoms with E-state index in [4.69, 9.17) is 29.6 Å². The molecule has 5 heteroatoms. The smallest absolute Gasteiger partial charge is 0.252 e. The van der Waals surface area contributed by atoms with E-state index in [1.165, 1.54) is 0 Å². The van der Waals surface area contributed by atoms with E-state index < -0.39 is 5.54 Å². The Morgan fingerprint density at radius 1 is 1.38 bits per heavy atom. The molecule has 0 radical (unpaired) electrons. The molecule has 16 heavy (non-hydrogen) atoms. The van der Waals surface area contributed by atoms with Crippen LogP contribution in [0.2, 0.25) is 5.02 Å². The molecule has 0 aliphatic carbocycles. The van der Waals surface area contributed by atoms with Crippen molar-refractivity contribution in [3.05, 3.63) is 34.9 Å². The largest absolute Gasteiger partial charge is 0.391 e. The predicted molar refractivity (Wildman–Crippen MR) is 69.8 cm³/mol. The zero-order valence-corrected chi connectivity index (χ0v) is 10.7. The van der Waals surface area contributed by atoms with Gasteiger partial charge in [0.05, 0.1) is 10.5 Å². The molecule has 3 nitrogen and oxygen atoms in total. The average molecular weight is 257 g/mol. The third-order valence-electron chi connectivity index (χ3n) is 2.15. The molecule has 0 bridgehead atoms. The Labute approximate surface area is 105 Å². The maximum absolute atomic E-state index is 11.8. The maximum Gasteiger partial charge on any atom is 0.252 e. The number of carbonyl (C=O) groups is 1. The summed E-state index contributed by atoms with van der Waals surface area (Å²) in [6.07, 6.45) is 0. The van der Waals surface area contributed by atoms with Gasteiger partial charge in [0.25, 0.3) is 5.91 Å². The van der Waals surface area contributed by atoms with Crippen molar-refractivity contribution < 1.29 is 4.79 Å². The van der Waals surface area contributed by atoms with Crippen LogP contribution in [-0.4, -0.2) is 16.4 Å². The third-order valence-corrected chi connectivity index (χ3v) is 2.91. The van der Waals surface area contributed by atoms with Gasteiger partial charge in [0.15, 0.2) is 0 Å². The molecule has 1 aromatic rings. The van der Waals surface area contributed by atoms with Crippen molar-refractivity contribution in [3.8, 4) is 0 Å². The first-order valence-corrected chi connectivity index (χ1v) is 5.49. The number of nitrogens with two attached hydrogens (primary N) is 1. The highest BCUT2D eigenvalue weighted by Gasteiger charge is 2.23. The number of amides is 1. The van der Waals surface area contributed by atoms with Crippen LogP contribution < -0.4 is 11.1 Å². The normalized spacial score (nSPS) is 10.9. The molecule has 0 unspecified atom stereocenters. The van der Waals surface area contributed by atoms with Crippen molar-refractivity contribution >= 4 is 34.7 Å². The summed E-state index contributed by atoms with van der Waals surface area (Å²) >= 11 is 10.6. The SMILES string of the molecule is CC(C)(NC(=O)c1ccc(Cl)cc1)C(N)=S. The zero-order valence-electron chi connectivity index (χ0n) is 9.08. The quantitative estimate of drug-likeness (QED) is 0.815. The van der Waals surface area contributed by atoms with Gasteiger partial charge in [0.1, 0.15) is 0 Å². The fraction of sp³-hybridized carbons (Fsp3) is 0.273. The summed E-state index contributed by atoms with van der Waals surface area (Å²) in [4.78, 5) is 12.1. The number of rotatable bonds is 3. The summed E-state index contributed by atoms with van der Waals surface area (Å²) in [7, 11) is 0. The lowest BCUT2D eigenvalue weighted by Gasteiger charge is -2.24. The molecule has 86 valence electrons. The number of nitrogens with one attached hydrogen (secondary N) is 1. The van der Waals surface area contributed by atoms with Gasteiger partial charge in [-0.25, -0.2) is 0 Å². The molecular formula is C11H13ClN2OS. The monoisotopic (exact) mass is 256 g/mol. The summed E-state index contributed by atoms with van der Waals surface area (Å²) in [5.74, 6) is -0.227. The van der Waals surface area contributed by atoms with E-state index in [0.29, 0.717) is 10.6 Å². The highest BCUT2D eigenvalue weighted by molar-refractivity contribution is 7.80. The molecule has 1 amide bonds. The second-order valence-electron chi connectivity index (χ2n) is 3.95. The number of halogens is 1. The molecule has 0 saturated carbocycles. The molecule has 3 N–H and O–H groups in total. The Morgan fingerprint density at radius 3 is 2.31 bits per heavy atom. The van der Waals surface area contributed by atoms with Gasteiger partial charge in [-0.05, 0) is 38.1 Å². The van der Waals surface area contributed by atoms with Crippen molar-refractivity contribution in [2.24, 2.45) is 5.73 Å². The van der Waals surface area contributed by atoms with Crippen molar-refractivity contribution in [1.29, 1.82) is 0 Å². The molecule has 1 rings (SSSR count). The Morgan fingerprint density at radius 2 is 1.88 bits per heavy atom. The van der Waals surface area contributed by atoms with Gasteiger partial charge in [0.2, 0.25) is 0 Å². The van der Waals surface area contributed by atoms with E-state index in [-0.39, 0.29) is 10.9 Å². The molecule has 0 aromatic heterocycles. The first-order valence-electron chi connectivity index (χ1n) is 4.71. The van der Waals surface area contributed by atoms with Crippen LogP contribution in [0.15, 0.2) is 24.3 Å². The summed E-state index contributed by atoms with van der Waals surface area (Å²) in [6.45, 7) is 3.51. The van der Waals surface area contributed by atoms with Gasteiger partial charge in [0, 0.05) is 10.6 Å². The standard InChI is InChI=1S/C11H13ClN2OS/c1-11(2,10(13)16)14-9(15)7-3-5-8(12)6-4-7/h3-6H,1-2H3,(H2,13,16)(H,14,15). The van der Waals surface area contributed by atoms with Crippen LogP contribution in [-0.2, 0) is 0 Å². The van der Waals surface area contributed by atoms with Crippen molar-refractivity contribution in [1.82, 2.24) is 5.32 Å². The highest BCUT2D eigenvalue weighted by Crippen LogP contribution is 2.11. The van der Waals surface area contributed by atoms with E-state index in [9.17, 15) is 4.79 Å². The second-order valence-corrected chi connectivity index (χ2v) is 4.83. The molecule has 0 heterocycles. The van der Waals surface area contributed by atoms with Crippen molar-refractivity contribution in [2.45, 2.75) is 19.4 Å². The van der Waals surface area contributed by atoms with E-state index in [2.05, 4.69) is 5.32 Å². The Balaban J connectivity index is 2.81. The summed E-state index contributed by atoms with van der Waals surface area (Å²) in [6, 6.07) is 6.61. The van der Waals surface area contributed by atoms with Crippen molar-refractivity contribution in [2.75, 3.05) is 0 Å². The van der Waals surface area contributed by atoms with Crippen LogP contribution in [0.25, 0.3) is 0 Å². The molecule has 0 fully saturated rings. The molecule has 0 atom stereocenters. The van der Waals surface area contributed by atoms with Crippen LogP contribution in [0, 0.1) is 0 Å². The number of hydrogen-bond acceptors (Lipinski definition) is 2. The molecule has 0 spiro atoms. The average Bonchev–Trinajstić information content (AvgIpc) is 2.17. The van der Waals surface area contributed by atoms with Gasteiger partial charge in [-0.2, -0.15) is 0 Å². The van der Waals surface area contributed by atoms with Crippen molar-refractivity contribution in [3.63, 3.8) is 0 Å². The lowest BCUT2D eigenvalue weighted by molar-refractivity contribution is 0.0932. The van der Waals surface area contributed by atoms with E-state index in [1.807, 2.05) is 0 Å².